The van der Waals surface area contributed by atoms with E-state index >= 15 is 0 Å². The molecule has 0 heterocycles. The molecule has 1 N–H and O–H groups in total. The molecule has 0 aromatic rings. The molecule has 0 spiro atoms. The van der Waals surface area contributed by atoms with Gasteiger partial charge < -0.3 is 14.6 Å². The maximum atomic E-state index is 8.60. The molecule has 0 rings (SSSR count). The summed E-state index contributed by atoms with van der Waals surface area (Å²) in [6, 6.07) is 0. The summed E-state index contributed by atoms with van der Waals surface area (Å²) in [4.78, 5) is 0. The zero-order valence-corrected chi connectivity index (χ0v) is 8.25. The van der Waals surface area contributed by atoms with Crippen LogP contribution in [0.3, 0.4) is 0 Å². The van der Waals surface area contributed by atoms with E-state index in [0.717, 1.165) is 19.3 Å². The zero-order valence-electron chi connectivity index (χ0n) is 8.25. The lowest BCUT2D eigenvalue weighted by molar-refractivity contribution is -0.113. The van der Waals surface area contributed by atoms with E-state index in [9.17, 15) is 0 Å². The maximum Gasteiger partial charge on any atom is 0.157 e. The Hall–Kier alpha value is -0.120. The highest BCUT2D eigenvalue weighted by molar-refractivity contribution is 4.55. The first-order valence-corrected chi connectivity index (χ1v) is 4.41. The van der Waals surface area contributed by atoms with Crippen molar-refractivity contribution in [2.45, 2.75) is 32.5 Å². The van der Waals surface area contributed by atoms with Gasteiger partial charge in [-0.25, -0.2) is 0 Å². The van der Waals surface area contributed by atoms with E-state index in [4.69, 9.17) is 14.6 Å². The largest absolute Gasteiger partial charge is 0.396 e. The van der Waals surface area contributed by atoms with Crippen molar-refractivity contribution >= 4 is 0 Å². The molecular weight excluding hydrogens is 156 g/mol. The van der Waals surface area contributed by atoms with Gasteiger partial charge in [0.2, 0.25) is 0 Å². The second kappa shape index (κ2) is 7.53. The van der Waals surface area contributed by atoms with Crippen LogP contribution in [0, 0.1) is 5.92 Å². The minimum absolute atomic E-state index is 0.0984. The quantitative estimate of drug-likeness (QED) is 0.596. The van der Waals surface area contributed by atoms with E-state index in [1.54, 1.807) is 14.2 Å². The van der Waals surface area contributed by atoms with Gasteiger partial charge in [-0.1, -0.05) is 6.92 Å². The molecule has 3 heteroatoms. The van der Waals surface area contributed by atoms with Crippen LogP contribution in [0.25, 0.3) is 0 Å². The lowest BCUT2D eigenvalue weighted by Gasteiger charge is -2.17. The molecule has 0 fully saturated rings. The summed E-state index contributed by atoms with van der Waals surface area (Å²) < 4.78 is 10.1. The Balaban J connectivity index is 3.44. The second-order valence-corrected chi connectivity index (χ2v) is 3.11. The summed E-state index contributed by atoms with van der Waals surface area (Å²) in [7, 11) is 3.29. The molecule has 74 valence electrons. The molecule has 1 unspecified atom stereocenters. The third kappa shape index (κ3) is 5.52. The van der Waals surface area contributed by atoms with E-state index in [1.807, 2.05) is 0 Å². The summed E-state index contributed by atoms with van der Waals surface area (Å²) in [6.45, 7) is 2.41. The summed E-state index contributed by atoms with van der Waals surface area (Å²) in [5, 5.41) is 8.60. The average molecular weight is 176 g/mol. The standard InChI is InChI=1S/C9H20O3/c1-8(5-4-6-10)7-9(11-2)12-3/h8-10H,4-7H2,1-3H3. The van der Waals surface area contributed by atoms with Gasteiger partial charge in [0.15, 0.2) is 6.29 Å². The molecule has 3 nitrogen and oxygen atoms in total. The molecule has 1 atom stereocenters. The van der Waals surface area contributed by atoms with Gasteiger partial charge in [-0.3, -0.25) is 0 Å². The number of hydrogen-bond acceptors (Lipinski definition) is 3. The highest BCUT2D eigenvalue weighted by Crippen LogP contribution is 2.14. The van der Waals surface area contributed by atoms with Crippen molar-refractivity contribution in [1.82, 2.24) is 0 Å². The normalized spacial score (nSPS) is 13.8. The zero-order chi connectivity index (χ0) is 9.40. The van der Waals surface area contributed by atoms with Gasteiger partial charge in [0.05, 0.1) is 0 Å². The molecule has 0 saturated heterocycles. The highest BCUT2D eigenvalue weighted by atomic mass is 16.7. The van der Waals surface area contributed by atoms with Gasteiger partial charge in [0.25, 0.3) is 0 Å². The first-order valence-electron chi connectivity index (χ1n) is 4.41. The summed E-state index contributed by atoms with van der Waals surface area (Å²) in [5.74, 6) is 0.544. The van der Waals surface area contributed by atoms with Gasteiger partial charge in [-0.05, 0) is 18.8 Å². The van der Waals surface area contributed by atoms with Crippen LogP contribution in [0.5, 0.6) is 0 Å². The van der Waals surface area contributed by atoms with Crippen molar-refractivity contribution in [2.75, 3.05) is 20.8 Å². The SMILES string of the molecule is COC(CC(C)CCCO)OC. The predicted molar refractivity (Wildman–Crippen MR) is 47.9 cm³/mol. The third-order valence-electron chi connectivity index (χ3n) is 1.98. The van der Waals surface area contributed by atoms with Crippen LogP contribution in [0.4, 0.5) is 0 Å². The summed E-state index contributed by atoms with van der Waals surface area (Å²) >= 11 is 0. The van der Waals surface area contributed by atoms with Crippen LogP contribution in [0.15, 0.2) is 0 Å². The minimum atomic E-state index is -0.0984. The van der Waals surface area contributed by atoms with Crippen LogP contribution in [-0.2, 0) is 9.47 Å². The van der Waals surface area contributed by atoms with E-state index < -0.39 is 0 Å². The van der Waals surface area contributed by atoms with Crippen LogP contribution in [-0.4, -0.2) is 32.2 Å². The molecule has 0 bridgehead atoms. The van der Waals surface area contributed by atoms with Gasteiger partial charge in [-0.2, -0.15) is 0 Å². The van der Waals surface area contributed by atoms with Crippen LogP contribution < -0.4 is 0 Å². The molecule has 0 aromatic heterocycles. The average Bonchev–Trinajstić information content (AvgIpc) is 2.10. The van der Waals surface area contributed by atoms with Crippen molar-refractivity contribution in [3.05, 3.63) is 0 Å². The molecule has 0 aromatic carbocycles. The Bertz CT molecular complexity index is 91.8. The topological polar surface area (TPSA) is 38.7 Å². The molecule has 0 radical (unpaired) electrons. The van der Waals surface area contributed by atoms with Gasteiger partial charge in [0, 0.05) is 27.2 Å². The van der Waals surface area contributed by atoms with Crippen LogP contribution >= 0.6 is 0 Å². The fraction of sp³-hybridized carbons (Fsp3) is 1.00. The van der Waals surface area contributed by atoms with E-state index in [1.165, 1.54) is 0 Å². The lowest BCUT2D eigenvalue weighted by atomic mass is 10.0. The number of aliphatic hydroxyl groups excluding tert-OH is 1. The van der Waals surface area contributed by atoms with Crippen molar-refractivity contribution in [3.63, 3.8) is 0 Å². The Labute approximate surface area is 74.7 Å². The molecule has 0 aliphatic rings. The monoisotopic (exact) mass is 176 g/mol. The fourth-order valence-corrected chi connectivity index (χ4v) is 1.17. The molecular formula is C9H20O3. The van der Waals surface area contributed by atoms with Crippen molar-refractivity contribution in [2.24, 2.45) is 5.92 Å². The number of hydrogen-bond donors (Lipinski definition) is 1. The molecule has 12 heavy (non-hydrogen) atoms. The fourth-order valence-electron chi connectivity index (χ4n) is 1.17. The third-order valence-corrected chi connectivity index (χ3v) is 1.98. The first-order chi connectivity index (χ1) is 5.74. The number of ether oxygens (including phenoxy) is 2. The first kappa shape index (κ1) is 11.9. The minimum Gasteiger partial charge on any atom is -0.396 e. The number of rotatable bonds is 7. The van der Waals surface area contributed by atoms with Gasteiger partial charge in [-0.15, -0.1) is 0 Å². The highest BCUT2D eigenvalue weighted by Gasteiger charge is 2.10. The maximum absolute atomic E-state index is 8.60. The number of aliphatic hydroxyl groups is 1. The van der Waals surface area contributed by atoms with E-state index in [2.05, 4.69) is 6.92 Å². The van der Waals surface area contributed by atoms with Crippen molar-refractivity contribution in [1.29, 1.82) is 0 Å². The smallest absolute Gasteiger partial charge is 0.157 e. The number of methoxy groups -OCH3 is 2. The Kier molecular flexibility index (Phi) is 7.45. The summed E-state index contributed by atoms with van der Waals surface area (Å²) in [5.41, 5.74) is 0. The van der Waals surface area contributed by atoms with Crippen LogP contribution in [0.2, 0.25) is 0 Å². The van der Waals surface area contributed by atoms with Crippen molar-refractivity contribution in [3.8, 4) is 0 Å². The predicted octanol–water partition coefficient (Wildman–Crippen LogP) is 1.40. The van der Waals surface area contributed by atoms with Gasteiger partial charge in [0.1, 0.15) is 0 Å². The Morgan fingerprint density at radius 2 is 1.83 bits per heavy atom. The molecule has 0 aliphatic heterocycles. The molecule has 0 saturated carbocycles. The second-order valence-electron chi connectivity index (χ2n) is 3.11. The molecule has 0 amide bonds. The Morgan fingerprint density at radius 3 is 2.25 bits per heavy atom. The van der Waals surface area contributed by atoms with E-state index in [0.29, 0.717) is 5.92 Å². The van der Waals surface area contributed by atoms with Gasteiger partial charge >= 0.3 is 0 Å². The van der Waals surface area contributed by atoms with Crippen molar-refractivity contribution < 1.29 is 14.6 Å². The summed E-state index contributed by atoms with van der Waals surface area (Å²) in [6.07, 6.45) is 2.69. The van der Waals surface area contributed by atoms with E-state index in [-0.39, 0.29) is 12.9 Å². The lowest BCUT2D eigenvalue weighted by Crippen LogP contribution is -2.16. The Morgan fingerprint density at radius 1 is 1.25 bits per heavy atom. The van der Waals surface area contributed by atoms with Crippen LogP contribution in [0.1, 0.15) is 26.2 Å². The molecule has 0 aliphatic carbocycles.